The van der Waals surface area contributed by atoms with Gasteiger partial charge in [-0.05, 0) is 0 Å². The number of hydrogen-bond acceptors (Lipinski definition) is 6. The summed E-state index contributed by atoms with van der Waals surface area (Å²) in [5, 5.41) is 18.7. The highest BCUT2D eigenvalue weighted by Crippen LogP contribution is 2.21. The first kappa shape index (κ1) is 11.4. The molecule has 6 heteroatoms. The standard InChI is InChI=1S/C8H14O6/c1-12-7(11)5-3-4(9)6(10)8(13-2)14-5/h4-6,8-10H,3H2,1-2H3/t4-,5?,6+,8+/m1/s1. The van der Waals surface area contributed by atoms with Crippen LogP contribution in [0.3, 0.4) is 0 Å². The van der Waals surface area contributed by atoms with Gasteiger partial charge in [-0.25, -0.2) is 4.79 Å². The third kappa shape index (κ3) is 2.21. The molecule has 6 nitrogen and oxygen atoms in total. The normalized spacial score (nSPS) is 38.0. The SMILES string of the molecule is COC(=O)C1C[C@@H](O)[C@H](O)[C@@H](OC)O1. The highest BCUT2D eigenvalue weighted by molar-refractivity contribution is 5.74. The maximum atomic E-state index is 11.1. The molecule has 0 aromatic carbocycles. The molecule has 0 spiro atoms. The van der Waals surface area contributed by atoms with Gasteiger partial charge in [-0.15, -0.1) is 0 Å². The Bertz CT molecular complexity index is 206. The lowest BCUT2D eigenvalue weighted by molar-refractivity contribution is -0.258. The van der Waals surface area contributed by atoms with E-state index in [1.165, 1.54) is 14.2 Å². The zero-order valence-electron chi connectivity index (χ0n) is 8.04. The molecule has 14 heavy (non-hydrogen) atoms. The lowest BCUT2D eigenvalue weighted by atomic mass is 10.0. The van der Waals surface area contributed by atoms with Crippen molar-refractivity contribution in [2.75, 3.05) is 14.2 Å². The molecule has 1 heterocycles. The quantitative estimate of drug-likeness (QED) is 0.543. The van der Waals surface area contributed by atoms with Crippen LogP contribution in [-0.4, -0.2) is 55.0 Å². The van der Waals surface area contributed by atoms with Crippen LogP contribution in [0.4, 0.5) is 0 Å². The van der Waals surface area contributed by atoms with E-state index in [1.54, 1.807) is 0 Å². The van der Waals surface area contributed by atoms with Gasteiger partial charge in [-0.1, -0.05) is 0 Å². The first-order chi connectivity index (χ1) is 6.60. The van der Waals surface area contributed by atoms with Crippen LogP contribution in [0.2, 0.25) is 0 Å². The Morgan fingerprint density at radius 1 is 1.43 bits per heavy atom. The Morgan fingerprint density at radius 2 is 2.07 bits per heavy atom. The molecule has 4 atom stereocenters. The number of aliphatic hydroxyl groups is 2. The van der Waals surface area contributed by atoms with Gasteiger partial charge >= 0.3 is 5.97 Å². The molecule has 2 N–H and O–H groups in total. The average molecular weight is 206 g/mol. The van der Waals surface area contributed by atoms with E-state index in [9.17, 15) is 15.0 Å². The summed E-state index contributed by atoms with van der Waals surface area (Å²) in [4.78, 5) is 11.1. The number of methoxy groups -OCH3 is 2. The zero-order chi connectivity index (χ0) is 10.7. The van der Waals surface area contributed by atoms with E-state index in [1.807, 2.05) is 0 Å². The Morgan fingerprint density at radius 3 is 2.57 bits per heavy atom. The van der Waals surface area contributed by atoms with Gasteiger partial charge in [0, 0.05) is 13.5 Å². The minimum absolute atomic E-state index is 0.00764. The summed E-state index contributed by atoms with van der Waals surface area (Å²) in [6.45, 7) is 0. The van der Waals surface area contributed by atoms with Crippen LogP contribution in [0.1, 0.15) is 6.42 Å². The van der Waals surface area contributed by atoms with E-state index >= 15 is 0 Å². The molecule has 0 aromatic rings. The maximum absolute atomic E-state index is 11.1. The molecule has 0 aromatic heterocycles. The van der Waals surface area contributed by atoms with Gasteiger partial charge in [0.2, 0.25) is 0 Å². The number of aliphatic hydroxyl groups excluding tert-OH is 2. The molecule has 0 aliphatic carbocycles. The molecular weight excluding hydrogens is 192 g/mol. The minimum atomic E-state index is -1.14. The Balaban J connectivity index is 2.62. The van der Waals surface area contributed by atoms with E-state index in [0.717, 1.165) is 0 Å². The molecule has 82 valence electrons. The molecule has 0 saturated carbocycles. The fourth-order valence-corrected chi connectivity index (χ4v) is 1.32. The van der Waals surface area contributed by atoms with Gasteiger partial charge in [0.25, 0.3) is 0 Å². The average Bonchev–Trinajstić information content (AvgIpc) is 2.20. The smallest absolute Gasteiger partial charge is 0.335 e. The number of esters is 1. The van der Waals surface area contributed by atoms with Gasteiger partial charge in [0.05, 0.1) is 13.2 Å². The predicted molar refractivity (Wildman–Crippen MR) is 44.3 cm³/mol. The van der Waals surface area contributed by atoms with Crippen molar-refractivity contribution in [1.29, 1.82) is 0 Å². The number of rotatable bonds is 2. The number of hydrogen-bond donors (Lipinski definition) is 2. The second-order valence-electron chi connectivity index (χ2n) is 3.05. The van der Waals surface area contributed by atoms with Crippen LogP contribution in [0.15, 0.2) is 0 Å². The molecule has 1 aliphatic rings. The summed E-state index contributed by atoms with van der Waals surface area (Å²) in [7, 11) is 2.55. The summed E-state index contributed by atoms with van der Waals surface area (Å²) < 4.78 is 14.3. The monoisotopic (exact) mass is 206 g/mol. The van der Waals surface area contributed by atoms with Gasteiger partial charge < -0.3 is 24.4 Å². The van der Waals surface area contributed by atoms with Crippen molar-refractivity contribution in [2.45, 2.75) is 31.0 Å². The van der Waals surface area contributed by atoms with E-state index in [0.29, 0.717) is 0 Å². The molecule has 0 amide bonds. The molecular formula is C8H14O6. The van der Waals surface area contributed by atoms with Crippen molar-refractivity contribution in [1.82, 2.24) is 0 Å². The van der Waals surface area contributed by atoms with Crippen LogP contribution in [0.25, 0.3) is 0 Å². The summed E-state index contributed by atoms with van der Waals surface area (Å²) in [5.41, 5.74) is 0. The van der Waals surface area contributed by atoms with Gasteiger partial charge in [-0.3, -0.25) is 0 Å². The summed E-state index contributed by atoms with van der Waals surface area (Å²) in [6.07, 6.45) is -4.06. The van der Waals surface area contributed by atoms with Crippen LogP contribution < -0.4 is 0 Å². The largest absolute Gasteiger partial charge is 0.467 e. The van der Waals surface area contributed by atoms with Crippen LogP contribution in [0.5, 0.6) is 0 Å². The van der Waals surface area contributed by atoms with E-state index in [-0.39, 0.29) is 6.42 Å². The van der Waals surface area contributed by atoms with Crippen LogP contribution in [-0.2, 0) is 19.0 Å². The molecule has 0 radical (unpaired) electrons. The first-order valence-electron chi connectivity index (χ1n) is 4.22. The molecule has 1 unspecified atom stereocenters. The number of carbonyl (C=O) groups excluding carboxylic acids is 1. The Kier molecular flexibility index (Phi) is 3.82. The molecule has 0 bridgehead atoms. The molecule has 1 fully saturated rings. The summed E-state index contributed by atoms with van der Waals surface area (Å²) >= 11 is 0. The Labute approximate surface area is 81.4 Å². The maximum Gasteiger partial charge on any atom is 0.335 e. The minimum Gasteiger partial charge on any atom is -0.467 e. The topological polar surface area (TPSA) is 85.2 Å². The third-order valence-corrected chi connectivity index (χ3v) is 2.12. The second kappa shape index (κ2) is 4.70. The van der Waals surface area contributed by atoms with Crippen molar-refractivity contribution >= 4 is 5.97 Å². The van der Waals surface area contributed by atoms with Crippen molar-refractivity contribution in [3.63, 3.8) is 0 Å². The molecule has 1 rings (SSSR count). The summed E-state index contributed by atoms with van der Waals surface area (Å²) in [5.74, 6) is -0.585. The molecule has 1 saturated heterocycles. The fraction of sp³-hybridized carbons (Fsp3) is 0.875. The predicted octanol–water partition coefficient (Wildman–Crippen LogP) is -1.36. The highest BCUT2D eigenvalue weighted by atomic mass is 16.7. The number of ether oxygens (including phenoxy) is 3. The fourth-order valence-electron chi connectivity index (χ4n) is 1.32. The van der Waals surface area contributed by atoms with Gasteiger partial charge in [0.15, 0.2) is 12.4 Å². The first-order valence-corrected chi connectivity index (χ1v) is 4.22. The van der Waals surface area contributed by atoms with Gasteiger partial charge in [-0.2, -0.15) is 0 Å². The number of carbonyl (C=O) groups is 1. The summed E-state index contributed by atoms with van der Waals surface area (Å²) in [6, 6.07) is 0. The van der Waals surface area contributed by atoms with Crippen molar-refractivity contribution in [2.24, 2.45) is 0 Å². The van der Waals surface area contributed by atoms with E-state index in [2.05, 4.69) is 4.74 Å². The van der Waals surface area contributed by atoms with Crippen molar-refractivity contribution in [3.8, 4) is 0 Å². The Hall–Kier alpha value is -0.690. The zero-order valence-corrected chi connectivity index (χ0v) is 8.04. The van der Waals surface area contributed by atoms with Gasteiger partial charge in [0.1, 0.15) is 6.10 Å². The van der Waals surface area contributed by atoms with Crippen LogP contribution >= 0.6 is 0 Å². The highest BCUT2D eigenvalue weighted by Gasteiger charge is 2.40. The lowest BCUT2D eigenvalue weighted by Crippen LogP contribution is -2.51. The van der Waals surface area contributed by atoms with Crippen LogP contribution in [0, 0.1) is 0 Å². The van der Waals surface area contributed by atoms with E-state index in [4.69, 9.17) is 9.47 Å². The molecule has 1 aliphatic heterocycles. The lowest BCUT2D eigenvalue weighted by Gasteiger charge is -2.34. The second-order valence-corrected chi connectivity index (χ2v) is 3.05. The van der Waals surface area contributed by atoms with E-state index < -0.39 is 30.6 Å². The van der Waals surface area contributed by atoms with Crippen molar-refractivity contribution in [3.05, 3.63) is 0 Å². The van der Waals surface area contributed by atoms with Crippen molar-refractivity contribution < 1.29 is 29.2 Å². The third-order valence-electron chi connectivity index (χ3n) is 2.12.